The molecule has 0 radical (unpaired) electrons. The Kier molecular flexibility index (Phi) is 4.75. The fraction of sp³-hybridized carbons (Fsp3) is 0. The largest absolute Gasteiger partial charge is 0.478 e. The number of anilines is 1. The van der Waals surface area contributed by atoms with Gasteiger partial charge >= 0.3 is 5.97 Å². The second kappa shape index (κ2) is 7.14. The van der Waals surface area contributed by atoms with Crippen LogP contribution in [0.2, 0.25) is 0 Å². The topological polar surface area (TPSA) is 66.4 Å². The lowest BCUT2D eigenvalue weighted by Crippen LogP contribution is -2.18. The zero-order valence-corrected chi connectivity index (χ0v) is 13.4. The molecule has 0 aliphatic heterocycles. The average Bonchev–Trinajstić information content (AvgIpc) is 2.62. The molecule has 3 aromatic carbocycles. The van der Waals surface area contributed by atoms with Gasteiger partial charge in [-0.15, -0.1) is 0 Å². The van der Waals surface area contributed by atoms with E-state index in [9.17, 15) is 23.5 Å². The molecule has 0 unspecified atom stereocenters. The minimum atomic E-state index is -1.27. The van der Waals surface area contributed by atoms with Gasteiger partial charge in [-0.25, -0.2) is 13.6 Å². The summed E-state index contributed by atoms with van der Waals surface area (Å²) < 4.78 is 27.6. The van der Waals surface area contributed by atoms with Crippen LogP contribution in [0.15, 0.2) is 66.7 Å². The molecule has 0 fully saturated rings. The van der Waals surface area contributed by atoms with Crippen molar-refractivity contribution in [3.8, 4) is 11.1 Å². The van der Waals surface area contributed by atoms with Gasteiger partial charge in [-0.2, -0.15) is 0 Å². The van der Waals surface area contributed by atoms with Crippen LogP contribution in [0.1, 0.15) is 20.7 Å². The number of halogens is 2. The van der Waals surface area contributed by atoms with Crippen LogP contribution in [0.3, 0.4) is 0 Å². The maximum atomic E-state index is 13.8. The van der Waals surface area contributed by atoms with Gasteiger partial charge in [-0.3, -0.25) is 4.79 Å². The number of carboxylic acid groups (broad SMARTS) is 1. The number of amides is 1. The predicted octanol–water partition coefficient (Wildman–Crippen LogP) is 4.58. The summed E-state index contributed by atoms with van der Waals surface area (Å²) in [4.78, 5) is 23.7. The molecule has 4 nitrogen and oxygen atoms in total. The molecule has 0 saturated heterocycles. The maximum absolute atomic E-state index is 13.8. The summed E-state index contributed by atoms with van der Waals surface area (Å²) in [5, 5.41) is 11.6. The van der Waals surface area contributed by atoms with Gasteiger partial charge in [-0.05, 0) is 35.4 Å². The molecule has 130 valence electrons. The van der Waals surface area contributed by atoms with Crippen molar-refractivity contribution >= 4 is 17.6 Å². The molecular weight excluding hydrogens is 340 g/mol. The monoisotopic (exact) mass is 353 g/mol. The number of nitrogens with one attached hydrogen (secondary N) is 1. The van der Waals surface area contributed by atoms with Crippen molar-refractivity contribution in [2.75, 3.05) is 5.32 Å². The first kappa shape index (κ1) is 17.3. The third-order valence-corrected chi connectivity index (χ3v) is 3.80. The second-order valence-corrected chi connectivity index (χ2v) is 5.48. The number of rotatable bonds is 4. The van der Waals surface area contributed by atoms with Crippen LogP contribution < -0.4 is 5.32 Å². The van der Waals surface area contributed by atoms with Crippen LogP contribution in [0.25, 0.3) is 11.1 Å². The van der Waals surface area contributed by atoms with Gasteiger partial charge in [0.2, 0.25) is 0 Å². The van der Waals surface area contributed by atoms with Crippen LogP contribution in [-0.2, 0) is 0 Å². The van der Waals surface area contributed by atoms with Gasteiger partial charge in [0, 0.05) is 0 Å². The lowest BCUT2D eigenvalue weighted by Gasteiger charge is -2.12. The highest BCUT2D eigenvalue weighted by Crippen LogP contribution is 2.27. The number of carbonyl (C=O) groups is 2. The third kappa shape index (κ3) is 3.44. The number of carbonyl (C=O) groups excluding carboxylic acids is 1. The minimum absolute atomic E-state index is 0.0495. The molecule has 0 aromatic heterocycles. The summed E-state index contributed by atoms with van der Waals surface area (Å²) in [6.45, 7) is 0. The van der Waals surface area contributed by atoms with Crippen molar-refractivity contribution < 1.29 is 23.5 Å². The normalized spacial score (nSPS) is 10.4. The van der Waals surface area contributed by atoms with E-state index in [-0.39, 0.29) is 11.3 Å². The molecular formula is C20H13F2NO3. The Balaban J connectivity index is 2.02. The Labute approximate surface area is 147 Å². The molecule has 26 heavy (non-hydrogen) atoms. The third-order valence-electron chi connectivity index (χ3n) is 3.80. The molecule has 0 atom stereocenters. The summed E-state index contributed by atoms with van der Waals surface area (Å²) in [6, 6.07) is 16.5. The Morgan fingerprint density at radius 1 is 0.808 bits per heavy atom. The molecule has 3 rings (SSSR count). The quantitative estimate of drug-likeness (QED) is 0.721. The molecule has 0 aliphatic rings. The molecule has 1 amide bonds. The van der Waals surface area contributed by atoms with E-state index >= 15 is 0 Å². The second-order valence-electron chi connectivity index (χ2n) is 5.48. The highest BCUT2D eigenvalue weighted by atomic mass is 19.1. The summed E-state index contributed by atoms with van der Waals surface area (Å²) in [5.74, 6) is -4.39. The molecule has 0 heterocycles. The molecule has 3 aromatic rings. The van der Waals surface area contributed by atoms with Gasteiger partial charge in [0.25, 0.3) is 5.91 Å². The van der Waals surface area contributed by atoms with Crippen molar-refractivity contribution in [1.29, 1.82) is 0 Å². The Hall–Kier alpha value is -3.54. The van der Waals surface area contributed by atoms with E-state index in [1.54, 1.807) is 6.07 Å². The van der Waals surface area contributed by atoms with Gasteiger partial charge in [0.05, 0.1) is 11.3 Å². The van der Waals surface area contributed by atoms with Crippen LogP contribution in [0.4, 0.5) is 14.5 Å². The van der Waals surface area contributed by atoms with Gasteiger partial charge in [0.15, 0.2) is 0 Å². The highest BCUT2D eigenvalue weighted by molar-refractivity contribution is 6.08. The molecule has 0 saturated carbocycles. The SMILES string of the molecule is O=C(O)c1ccc(-c2ccccc2)cc1NC(=O)c1c(F)cccc1F. The Bertz CT molecular complexity index is 967. The fourth-order valence-corrected chi connectivity index (χ4v) is 2.54. The van der Waals surface area contributed by atoms with Crippen molar-refractivity contribution in [2.24, 2.45) is 0 Å². The van der Waals surface area contributed by atoms with Crippen molar-refractivity contribution in [2.45, 2.75) is 0 Å². The van der Waals surface area contributed by atoms with E-state index in [2.05, 4.69) is 5.32 Å². The Morgan fingerprint density at radius 3 is 2.08 bits per heavy atom. The summed E-state index contributed by atoms with van der Waals surface area (Å²) in [5.41, 5.74) is 0.451. The number of hydrogen-bond acceptors (Lipinski definition) is 2. The first-order chi connectivity index (χ1) is 12.5. The number of hydrogen-bond donors (Lipinski definition) is 2. The smallest absolute Gasteiger partial charge is 0.337 e. The van der Waals surface area contributed by atoms with Crippen molar-refractivity contribution in [3.63, 3.8) is 0 Å². The van der Waals surface area contributed by atoms with Crippen LogP contribution in [-0.4, -0.2) is 17.0 Å². The number of aromatic carboxylic acids is 1. The van der Waals surface area contributed by atoms with Gasteiger partial charge in [-0.1, -0.05) is 42.5 Å². The lowest BCUT2D eigenvalue weighted by atomic mass is 10.0. The van der Waals surface area contributed by atoms with E-state index < -0.39 is 29.1 Å². The number of carboxylic acids is 1. The summed E-state index contributed by atoms with van der Waals surface area (Å²) >= 11 is 0. The highest BCUT2D eigenvalue weighted by Gasteiger charge is 2.20. The fourth-order valence-electron chi connectivity index (χ4n) is 2.54. The molecule has 0 spiro atoms. The van der Waals surface area contributed by atoms with Crippen LogP contribution in [0.5, 0.6) is 0 Å². The van der Waals surface area contributed by atoms with Crippen molar-refractivity contribution in [1.82, 2.24) is 0 Å². The number of benzene rings is 3. The standard InChI is InChI=1S/C20H13F2NO3/c21-15-7-4-8-16(22)18(15)19(24)23-17-11-13(9-10-14(17)20(25)26)12-5-2-1-3-6-12/h1-11H,(H,23,24)(H,25,26). The minimum Gasteiger partial charge on any atom is -0.478 e. The van der Waals surface area contributed by atoms with E-state index in [1.807, 2.05) is 30.3 Å². The van der Waals surface area contributed by atoms with Crippen molar-refractivity contribution in [3.05, 3.63) is 89.5 Å². The van der Waals surface area contributed by atoms with E-state index in [4.69, 9.17) is 0 Å². The zero-order valence-electron chi connectivity index (χ0n) is 13.4. The first-order valence-electron chi connectivity index (χ1n) is 7.65. The maximum Gasteiger partial charge on any atom is 0.337 e. The molecule has 2 N–H and O–H groups in total. The molecule has 6 heteroatoms. The van der Waals surface area contributed by atoms with E-state index in [1.165, 1.54) is 12.1 Å². The van der Waals surface area contributed by atoms with E-state index in [0.29, 0.717) is 5.56 Å². The zero-order chi connectivity index (χ0) is 18.7. The van der Waals surface area contributed by atoms with E-state index in [0.717, 1.165) is 23.8 Å². The molecule has 0 aliphatic carbocycles. The molecule has 0 bridgehead atoms. The first-order valence-corrected chi connectivity index (χ1v) is 7.65. The van der Waals surface area contributed by atoms with Gasteiger partial charge < -0.3 is 10.4 Å². The lowest BCUT2D eigenvalue weighted by molar-refractivity contribution is 0.0698. The summed E-state index contributed by atoms with van der Waals surface area (Å²) in [6.07, 6.45) is 0. The summed E-state index contributed by atoms with van der Waals surface area (Å²) in [7, 11) is 0. The average molecular weight is 353 g/mol. The van der Waals surface area contributed by atoms with Gasteiger partial charge in [0.1, 0.15) is 17.2 Å². The Morgan fingerprint density at radius 2 is 1.46 bits per heavy atom. The van der Waals surface area contributed by atoms with Crippen LogP contribution in [0, 0.1) is 11.6 Å². The predicted molar refractivity (Wildman–Crippen MR) is 93.1 cm³/mol. The van der Waals surface area contributed by atoms with Crippen LogP contribution >= 0.6 is 0 Å².